The fourth-order valence-corrected chi connectivity index (χ4v) is 3.53. The van der Waals surface area contributed by atoms with Crippen molar-refractivity contribution in [1.82, 2.24) is 14.8 Å². The molecule has 3 rings (SSSR count). The molecule has 0 radical (unpaired) electrons. The Bertz CT molecular complexity index is 950. The Morgan fingerprint density at radius 2 is 1.89 bits per heavy atom. The lowest BCUT2D eigenvalue weighted by Crippen LogP contribution is -2.15. The molecule has 0 aliphatic rings. The molecule has 1 aromatic heterocycles. The number of thioether (sulfide) groups is 1. The van der Waals surface area contributed by atoms with Crippen LogP contribution in [0.15, 0.2) is 47.6 Å². The van der Waals surface area contributed by atoms with Gasteiger partial charge >= 0.3 is 0 Å². The Kier molecular flexibility index (Phi) is 5.81. The number of nitrogens with one attached hydrogen (secondary N) is 1. The Hall–Kier alpha value is -2.80. The molecule has 0 atom stereocenters. The minimum absolute atomic E-state index is 0.0617. The highest BCUT2D eigenvalue weighted by Gasteiger charge is 2.15. The Morgan fingerprint density at radius 1 is 1.15 bits per heavy atom. The highest BCUT2D eigenvalue weighted by atomic mass is 32.2. The molecule has 0 saturated carbocycles. The van der Waals surface area contributed by atoms with Crippen molar-refractivity contribution in [2.45, 2.75) is 32.5 Å². The number of anilines is 2. The molecule has 0 bridgehead atoms. The van der Waals surface area contributed by atoms with E-state index >= 15 is 0 Å². The van der Waals surface area contributed by atoms with E-state index in [4.69, 9.17) is 5.73 Å². The van der Waals surface area contributed by atoms with Gasteiger partial charge in [-0.3, -0.25) is 4.79 Å². The van der Waals surface area contributed by atoms with Gasteiger partial charge in [-0.15, -0.1) is 10.2 Å². The van der Waals surface area contributed by atoms with Crippen molar-refractivity contribution in [2.75, 3.05) is 16.8 Å². The third kappa shape index (κ3) is 4.31. The van der Waals surface area contributed by atoms with E-state index in [1.807, 2.05) is 67.8 Å². The van der Waals surface area contributed by atoms with E-state index in [9.17, 15) is 4.79 Å². The van der Waals surface area contributed by atoms with Crippen LogP contribution in [0.4, 0.5) is 11.4 Å². The summed E-state index contributed by atoms with van der Waals surface area (Å²) < 4.78 is 2.00. The van der Waals surface area contributed by atoms with Crippen molar-refractivity contribution in [1.29, 1.82) is 0 Å². The van der Waals surface area contributed by atoms with Gasteiger partial charge in [0.2, 0.25) is 5.91 Å². The van der Waals surface area contributed by atoms with Crippen LogP contribution in [-0.2, 0) is 11.3 Å². The number of nitrogens with zero attached hydrogens (tertiary/aromatic N) is 3. The summed E-state index contributed by atoms with van der Waals surface area (Å²) in [5.41, 5.74) is 10.5. The monoisotopic (exact) mass is 381 g/mol. The van der Waals surface area contributed by atoms with Gasteiger partial charge in [0.25, 0.3) is 0 Å². The van der Waals surface area contributed by atoms with Gasteiger partial charge in [0.15, 0.2) is 11.0 Å². The first-order valence-corrected chi connectivity index (χ1v) is 9.76. The molecule has 27 heavy (non-hydrogen) atoms. The van der Waals surface area contributed by atoms with Gasteiger partial charge in [-0.05, 0) is 62.2 Å². The molecule has 0 fully saturated rings. The third-order valence-electron chi connectivity index (χ3n) is 4.41. The van der Waals surface area contributed by atoms with Crippen molar-refractivity contribution in [3.8, 4) is 11.4 Å². The van der Waals surface area contributed by atoms with E-state index in [0.29, 0.717) is 12.2 Å². The number of aromatic nitrogens is 3. The van der Waals surface area contributed by atoms with Crippen LogP contribution in [0, 0.1) is 13.8 Å². The molecule has 3 N–H and O–H groups in total. The van der Waals surface area contributed by atoms with Crippen molar-refractivity contribution < 1.29 is 4.79 Å². The summed E-state index contributed by atoms with van der Waals surface area (Å²) in [6, 6.07) is 13.4. The first-order chi connectivity index (χ1) is 13.0. The number of nitrogen functional groups attached to an aromatic ring is 1. The zero-order valence-corrected chi connectivity index (χ0v) is 16.5. The van der Waals surface area contributed by atoms with Crippen LogP contribution in [0.2, 0.25) is 0 Å². The van der Waals surface area contributed by atoms with Gasteiger partial charge in [0.05, 0.1) is 5.75 Å². The Labute approximate surface area is 163 Å². The van der Waals surface area contributed by atoms with E-state index in [1.54, 1.807) is 0 Å². The number of hydrogen-bond acceptors (Lipinski definition) is 5. The molecule has 1 amide bonds. The number of aryl methyl sites for hydroxylation is 1. The average molecular weight is 382 g/mol. The summed E-state index contributed by atoms with van der Waals surface area (Å²) in [6.45, 7) is 6.78. The Balaban J connectivity index is 1.70. The third-order valence-corrected chi connectivity index (χ3v) is 5.38. The molecule has 140 valence electrons. The van der Waals surface area contributed by atoms with Crippen molar-refractivity contribution >= 4 is 29.0 Å². The average Bonchev–Trinajstić information content (AvgIpc) is 3.07. The van der Waals surface area contributed by atoms with Gasteiger partial charge in [-0.25, -0.2) is 0 Å². The predicted octanol–water partition coefficient (Wildman–Crippen LogP) is 3.89. The highest BCUT2D eigenvalue weighted by molar-refractivity contribution is 7.99. The number of benzene rings is 2. The summed E-state index contributed by atoms with van der Waals surface area (Å²) in [7, 11) is 0. The topological polar surface area (TPSA) is 85.8 Å². The lowest BCUT2D eigenvalue weighted by atomic mass is 10.1. The number of carbonyl (C=O) groups is 1. The molecular formula is C20H23N5OS. The molecule has 0 aliphatic carbocycles. The SMILES string of the molecule is CCn1c(SCC(=O)Nc2cccc(C)c2C)nnc1-c1ccc(N)cc1. The largest absolute Gasteiger partial charge is 0.399 e. The van der Waals surface area contributed by atoms with Crippen LogP contribution in [0.3, 0.4) is 0 Å². The molecule has 0 aliphatic heterocycles. The number of nitrogens with two attached hydrogens (primary N) is 1. The summed E-state index contributed by atoms with van der Waals surface area (Å²) in [5.74, 6) is 0.982. The van der Waals surface area contributed by atoms with Crippen LogP contribution in [0.1, 0.15) is 18.1 Å². The predicted molar refractivity (Wildman–Crippen MR) is 111 cm³/mol. The van der Waals surface area contributed by atoms with Crippen molar-refractivity contribution in [3.05, 3.63) is 53.6 Å². The molecule has 3 aromatic rings. The second kappa shape index (κ2) is 8.26. The lowest BCUT2D eigenvalue weighted by Gasteiger charge is -2.10. The van der Waals surface area contributed by atoms with Gasteiger partial charge in [0, 0.05) is 23.5 Å². The van der Waals surface area contributed by atoms with E-state index in [-0.39, 0.29) is 11.7 Å². The Morgan fingerprint density at radius 3 is 2.59 bits per heavy atom. The van der Waals surface area contributed by atoms with Crippen LogP contribution >= 0.6 is 11.8 Å². The second-order valence-electron chi connectivity index (χ2n) is 6.26. The normalized spacial score (nSPS) is 10.8. The maximum atomic E-state index is 12.4. The summed E-state index contributed by atoms with van der Waals surface area (Å²) in [6.07, 6.45) is 0. The van der Waals surface area contributed by atoms with Crippen LogP contribution < -0.4 is 11.1 Å². The molecule has 1 heterocycles. The van der Waals surface area contributed by atoms with Crippen LogP contribution in [0.25, 0.3) is 11.4 Å². The minimum Gasteiger partial charge on any atom is -0.399 e. The molecule has 0 unspecified atom stereocenters. The molecule has 0 spiro atoms. The molecule has 7 heteroatoms. The number of rotatable bonds is 6. The van der Waals surface area contributed by atoms with Crippen LogP contribution in [-0.4, -0.2) is 26.4 Å². The van der Waals surface area contributed by atoms with Gasteiger partial charge in [-0.1, -0.05) is 23.9 Å². The summed E-state index contributed by atoms with van der Waals surface area (Å²) in [5, 5.41) is 12.3. The van der Waals surface area contributed by atoms with Crippen LogP contribution in [0.5, 0.6) is 0 Å². The van der Waals surface area contributed by atoms with Crippen molar-refractivity contribution in [3.63, 3.8) is 0 Å². The van der Waals surface area contributed by atoms with E-state index in [0.717, 1.165) is 33.4 Å². The maximum Gasteiger partial charge on any atom is 0.234 e. The van der Waals surface area contributed by atoms with E-state index in [2.05, 4.69) is 15.5 Å². The molecular weight excluding hydrogens is 358 g/mol. The standard InChI is InChI=1S/C20H23N5OS/c1-4-25-19(15-8-10-16(21)11-9-15)23-24-20(25)27-12-18(26)22-17-7-5-6-13(2)14(17)3/h5-11H,4,12,21H2,1-3H3,(H,22,26). The molecule has 6 nitrogen and oxygen atoms in total. The first-order valence-electron chi connectivity index (χ1n) is 8.77. The lowest BCUT2D eigenvalue weighted by molar-refractivity contribution is -0.113. The number of amides is 1. The summed E-state index contributed by atoms with van der Waals surface area (Å²) in [4.78, 5) is 12.4. The fourth-order valence-electron chi connectivity index (χ4n) is 2.73. The maximum absolute atomic E-state index is 12.4. The van der Waals surface area contributed by atoms with Gasteiger partial charge in [0.1, 0.15) is 0 Å². The number of hydrogen-bond donors (Lipinski definition) is 2. The fraction of sp³-hybridized carbons (Fsp3) is 0.250. The highest BCUT2D eigenvalue weighted by Crippen LogP contribution is 2.25. The molecule has 2 aromatic carbocycles. The number of carbonyl (C=O) groups excluding carboxylic acids is 1. The summed E-state index contributed by atoms with van der Waals surface area (Å²) >= 11 is 1.38. The van der Waals surface area contributed by atoms with Crippen molar-refractivity contribution in [2.24, 2.45) is 0 Å². The second-order valence-corrected chi connectivity index (χ2v) is 7.20. The van der Waals surface area contributed by atoms with Gasteiger partial charge in [-0.2, -0.15) is 0 Å². The zero-order chi connectivity index (χ0) is 19.4. The quantitative estimate of drug-likeness (QED) is 0.500. The van der Waals surface area contributed by atoms with E-state index < -0.39 is 0 Å². The first kappa shape index (κ1) is 19.0. The van der Waals surface area contributed by atoms with E-state index in [1.165, 1.54) is 11.8 Å². The minimum atomic E-state index is -0.0617. The van der Waals surface area contributed by atoms with Gasteiger partial charge < -0.3 is 15.6 Å². The smallest absolute Gasteiger partial charge is 0.234 e. The molecule has 0 saturated heterocycles. The zero-order valence-electron chi connectivity index (χ0n) is 15.7.